The summed E-state index contributed by atoms with van der Waals surface area (Å²) < 4.78 is 7.02. The fourth-order valence-corrected chi connectivity index (χ4v) is 2.36. The summed E-state index contributed by atoms with van der Waals surface area (Å²) in [5, 5.41) is 16.5. The number of aromatic nitrogens is 2. The van der Waals surface area contributed by atoms with Gasteiger partial charge in [0.05, 0.1) is 11.3 Å². The maximum Gasteiger partial charge on any atom is 0.326 e. The van der Waals surface area contributed by atoms with Crippen LogP contribution >= 0.6 is 11.6 Å². The summed E-state index contributed by atoms with van der Waals surface area (Å²) in [7, 11) is 0. The van der Waals surface area contributed by atoms with Crippen molar-refractivity contribution in [1.29, 1.82) is 0 Å². The van der Waals surface area contributed by atoms with Crippen molar-refractivity contribution in [2.75, 3.05) is 6.61 Å². The third-order valence-electron chi connectivity index (χ3n) is 3.44. The highest BCUT2D eigenvalue weighted by Crippen LogP contribution is 2.14. The standard InChI is InChI=1S/C18H22ClN3O4/c1-18(2,3)26-10-8-15(17(24)25)20-16(23)14-7-9-22(21-14)13-6-4-5-12(19)11-13/h4-7,9,11,15H,8,10H2,1-3H3,(H,20,23)(H,24,25). The van der Waals surface area contributed by atoms with E-state index in [4.69, 9.17) is 16.3 Å². The minimum atomic E-state index is -1.12. The van der Waals surface area contributed by atoms with Gasteiger partial charge in [-0.15, -0.1) is 0 Å². The number of hydrogen-bond acceptors (Lipinski definition) is 4. The highest BCUT2D eigenvalue weighted by atomic mass is 35.5. The van der Waals surface area contributed by atoms with Crippen molar-refractivity contribution in [3.05, 3.63) is 47.2 Å². The summed E-state index contributed by atoms with van der Waals surface area (Å²) in [5.74, 6) is -1.68. The maximum absolute atomic E-state index is 12.3. The fourth-order valence-electron chi connectivity index (χ4n) is 2.18. The minimum absolute atomic E-state index is 0.118. The molecule has 0 aliphatic rings. The monoisotopic (exact) mass is 379 g/mol. The van der Waals surface area contributed by atoms with Crippen LogP contribution in [-0.2, 0) is 9.53 Å². The lowest BCUT2D eigenvalue weighted by molar-refractivity contribution is -0.140. The van der Waals surface area contributed by atoms with Crippen molar-refractivity contribution in [3.8, 4) is 5.69 Å². The van der Waals surface area contributed by atoms with Gasteiger partial charge in [-0.3, -0.25) is 4.79 Å². The number of carboxylic acids is 1. The Hall–Kier alpha value is -2.38. The summed E-state index contributed by atoms with van der Waals surface area (Å²) in [6.45, 7) is 5.86. The Kier molecular flexibility index (Phi) is 6.39. The van der Waals surface area contributed by atoms with Crippen molar-refractivity contribution >= 4 is 23.5 Å². The van der Waals surface area contributed by atoms with E-state index in [1.165, 1.54) is 10.7 Å². The van der Waals surface area contributed by atoms with Gasteiger partial charge >= 0.3 is 5.97 Å². The van der Waals surface area contributed by atoms with E-state index < -0.39 is 17.9 Å². The first-order chi connectivity index (χ1) is 12.2. The molecule has 2 rings (SSSR count). The number of carbonyl (C=O) groups excluding carboxylic acids is 1. The number of aliphatic carboxylic acids is 1. The Labute approximate surface area is 156 Å². The van der Waals surface area contributed by atoms with Crippen LogP contribution in [0.2, 0.25) is 5.02 Å². The SMILES string of the molecule is CC(C)(C)OCCC(NC(=O)c1ccn(-c2cccc(Cl)c2)n1)C(=O)O. The Morgan fingerprint density at radius 1 is 1.35 bits per heavy atom. The Morgan fingerprint density at radius 3 is 2.69 bits per heavy atom. The van der Waals surface area contributed by atoms with Gasteiger partial charge < -0.3 is 15.2 Å². The van der Waals surface area contributed by atoms with Crippen molar-refractivity contribution in [2.45, 2.75) is 38.8 Å². The quantitative estimate of drug-likeness (QED) is 0.771. The van der Waals surface area contributed by atoms with Gasteiger partial charge in [-0.2, -0.15) is 5.10 Å². The molecule has 2 aromatic rings. The van der Waals surface area contributed by atoms with Crippen molar-refractivity contribution < 1.29 is 19.4 Å². The van der Waals surface area contributed by atoms with Crippen LogP contribution in [0.1, 0.15) is 37.7 Å². The van der Waals surface area contributed by atoms with Gasteiger partial charge in [0.1, 0.15) is 6.04 Å². The zero-order valence-corrected chi connectivity index (χ0v) is 15.7. The van der Waals surface area contributed by atoms with E-state index >= 15 is 0 Å². The van der Waals surface area contributed by atoms with Crippen molar-refractivity contribution in [3.63, 3.8) is 0 Å². The molecule has 0 fully saturated rings. The highest BCUT2D eigenvalue weighted by molar-refractivity contribution is 6.30. The molecule has 7 nitrogen and oxygen atoms in total. The van der Waals surface area contributed by atoms with Crippen LogP contribution in [0.15, 0.2) is 36.5 Å². The molecule has 1 amide bonds. The smallest absolute Gasteiger partial charge is 0.326 e. The third-order valence-corrected chi connectivity index (χ3v) is 3.67. The molecule has 0 aliphatic heterocycles. The average Bonchev–Trinajstić information content (AvgIpc) is 3.02. The largest absolute Gasteiger partial charge is 0.480 e. The van der Waals surface area contributed by atoms with Crippen LogP contribution in [-0.4, -0.2) is 45.0 Å². The molecule has 0 spiro atoms. The third kappa shape index (κ3) is 5.86. The summed E-state index contributed by atoms with van der Waals surface area (Å²) in [6.07, 6.45) is 1.77. The molecule has 140 valence electrons. The van der Waals surface area contributed by atoms with Gasteiger partial charge in [0.2, 0.25) is 0 Å². The van der Waals surface area contributed by atoms with E-state index in [9.17, 15) is 14.7 Å². The average molecular weight is 380 g/mol. The number of rotatable bonds is 7. The fraction of sp³-hybridized carbons (Fsp3) is 0.389. The predicted molar refractivity (Wildman–Crippen MR) is 97.8 cm³/mol. The molecule has 26 heavy (non-hydrogen) atoms. The van der Waals surface area contributed by atoms with Crippen LogP contribution < -0.4 is 5.32 Å². The lowest BCUT2D eigenvalue weighted by Crippen LogP contribution is -2.42. The van der Waals surface area contributed by atoms with Gasteiger partial charge in [0.15, 0.2) is 5.69 Å². The van der Waals surface area contributed by atoms with Crippen LogP contribution in [0.4, 0.5) is 0 Å². The van der Waals surface area contributed by atoms with Gasteiger partial charge in [0, 0.05) is 24.2 Å². The number of hydrogen-bond donors (Lipinski definition) is 2. The number of ether oxygens (including phenoxy) is 1. The number of halogens is 1. The second-order valence-corrected chi connectivity index (χ2v) is 7.18. The molecule has 0 saturated carbocycles. The number of nitrogens with zero attached hydrogens (tertiary/aromatic N) is 2. The first-order valence-corrected chi connectivity index (χ1v) is 8.53. The molecular weight excluding hydrogens is 358 g/mol. The van der Waals surface area contributed by atoms with E-state index in [2.05, 4.69) is 10.4 Å². The first kappa shape index (κ1) is 19.9. The van der Waals surface area contributed by atoms with Gasteiger partial charge in [0.25, 0.3) is 5.91 Å². The van der Waals surface area contributed by atoms with E-state index in [1.807, 2.05) is 20.8 Å². The molecule has 1 aromatic carbocycles. The Bertz CT molecular complexity index is 783. The highest BCUT2D eigenvalue weighted by Gasteiger charge is 2.23. The Balaban J connectivity index is 2.02. The molecule has 0 aliphatic carbocycles. The molecule has 1 heterocycles. The second kappa shape index (κ2) is 8.33. The number of amides is 1. The zero-order chi connectivity index (χ0) is 19.3. The first-order valence-electron chi connectivity index (χ1n) is 8.15. The van der Waals surface area contributed by atoms with Crippen LogP contribution in [0.3, 0.4) is 0 Å². The van der Waals surface area contributed by atoms with Crippen LogP contribution in [0.5, 0.6) is 0 Å². The van der Waals surface area contributed by atoms with E-state index in [0.29, 0.717) is 10.7 Å². The lowest BCUT2D eigenvalue weighted by atomic mass is 10.1. The lowest BCUT2D eigenvalue weighted by Gasteiger charge is -2.21. The van der Waals surface area contributed by atoms with Crippen molar-refractivity contribution in [2.24, 2.45) is 0 Å². The van der Waals surface area contributed by atoms with Crippen LogP contribution in [0.25, 0.3) is 5.69 Å². The summed E-state index contributed by atoms with van der Waals surface area (Å²) in [6, 6.07) is 7.47. The zero-order valence-electron chi connectivity index (χ0n) is 14.9. The summed E-state index contributed by atoms with van der Waals surface area (Å²) >= 11 is 5.95. The van der Waals surface area contributed by atoms with Crippen LogP contribution in [0, 0.1) is 0 Å². The van der Waals surface area contributed by atoms with Crippen molar-refractivity contribution in [1.82, 2.24) is 15.1 Å². The maximum atomic E-state index is 12.3. The van der Waals surface area contributed by atoms with Gasteiger partial charge in [-0.05, 0) is 45.0 Å². The molecule has 1 aromatic heterocycles. The number of benzene rings is 1. The molecular formula is C18H22ClN3O4. The topological polar surface area (TPSA) is 93.5 Å². The number of nitrogens with one attached hydrogen (secondary N) is 1. The number of carboxylic acid groups (broad SMARTS) is 1. The molecule has 8 heteroatoms. The molecule has 2 N–H and O–H groups in total. The number of carbonyl (C=O) groups is 2. The minimum Gasteiger partial charge on any atom is -0.480 e. The summed E-state index contributed by atoms with van der Waals surface area (Å²) in [5.41, 5.74) is 0.445. The molecule has 1 unspecified atom stereocenters. The summed E-state index contributed by atoms with van der Waals surface area (Å²) in [4.78, 5) is 23.7. The van der Waals surface area contributed by atoms with E-state index in [1.54, 1.807) is 30.5 Å². The van der Waals surface area contributed by atoms with Gasteiger partial charge in [-0.1, -0.05) is 17.7 Å². The molecule has 0 saturated heterocycles. The van der Waals surface area contributed by atoms with Gasteiger partial charge in [-0.25, -0.2) is 9.48 Å². The normalized spacial score (nSPS) is 12.6. The van der Waals surface area contributed by atoms with E-state index in [-0.39, 0.29) is 24.3 Å². The second-order valence-electron chi connectivity index (χ2n) is 6.74. The molecule has 0 bridgehead atoms. The Morgan fingerprint density at radius 2 is 2.08 bits per heavy atom. The molecule has 1 atom stereocenters. The predicted octanol–water partition coefficient (Wildman–Crippen LogP) is 2.91. The molecule has 0 radical (unpaired) electrons. The van der Waals surface area contributed by atoms with E-state index in [0.717, 1.165) is 0 Å².